The number of benzene rings is 2. The number of amides is 1. The van der Waals surface area contributed by atoms with E-state index in [1.807, 2.05) is 80.5 Å². The Hall–Kier alpha value is -3.59. The van der Waals surface area contributed by atoms with Crippen LogP contribution in [0, 0.1) is 11.3 Å². The van der Waals surface area contributed by atoms with Gasteiger partial charge in [-0.3, -0.25) is 4.79 Å². The lowest BCUT2D eigenvalue weighted by atomic mass is 10.1. The van der Waals surface area contributed by atoms with E-state index in [0.29, 0.717) is 5.56 Å². The van der Waals surface area contributed by atoms with Gasteiger partial charge in [-0.1, -0.05) is 30.3 Å². The molecule has 0 saturated heterocycles. The molecule has 6 nitrogen and oxygen atoms in total. The van der Waals surface area contributed by atoms with Crippen LogP contribution >= 0.6 is 0 Å². The Morgan fingerprint density at radius 3 is 2.55 bits per heavy atom. The van der Waals surface area contributed by atoms with Gasteiger partial charge in [0.1, 0.15) is 11.6 Å². The minimum atomic E-state index is -0.808. The van der Waals surface area contributed by atoms with Gasteiger partial charge in [-0.05, 0) is 48.7 Å². The molecule has 29 heavy (non-hydrogen) atoms. The number of carbonyl (C=O) groups excluding carboxylic acids is 2. The summed E-state index contributed by atoms with van der Waals surface area (Å²) in [7, 11) is 3.86. The van der Waals surface area contributed by atoms with Gasteiger partial charge in [0.15, 0.2) is 6.61 Å². The maximum atomic E-state index is 12.6. The van der Waals surface area contributed by atoms with E-state index >= 15 is 0 Å². The fourth-order valence-electron chi connectivity index (χ4n) is 3.39. The summed E-state index contributed by atoms with van der Waals surface area (Å²) < 4.78 is 5.14. The van der Waals surface area contributed by atoms with Gasteiger partial charge in [-0.2, -0.15) is 5.26 Å². The average Bonchev–Trinajstić information content (AvgIpc) is 3.06. The van der Waals surface area contributed by atoms with E-state index < -0.39 is 12.6 Å². The van der Waals surface area contributed by atoms with Gasteiger partial charge in [0.2, 0.25) is 0 Å². The van der Waals surface area contributed by atoms with Crippen molar-refractivity contribution >= 4 is 29.3 Å². The largest absolute Gasteiger partial charge is 0.451 e. The second-order valence-electron chi connectivity index (χ2n) is 7.18. The van der Waals surface area contributed by atoms with Crippen LogP contribution in [0.2, 0.25) is 0 Å². The standard InChI is InChI=1S/C23H23N3O3/c1-16-12-18-6-4-5-7-21(18)26(16)22(27)15-29-23(28)19(14-24)13-17-8-10-20(11-9-17)25(2)3/h4-11,13,16H,12,15H2,1-3H3/b19-13+/t16-/m1/s1. The van der Waals surface area contributed by atoms with Gasteiger partial charge >= 0.3 is 5.97 Å². The molecular weight excluding hydrogens is 366 g/mol. The SMILES string of the molecule is C[C@@H]1Cc2ccccc2N1C(=O)COC(=O)/C(C#N)=C/c1ccc(N(C)C)cc1. The number of esters is 1. The van der Waals surface area contributed by atoms with Crippen LogP contribution in [0.3, 0.4) is 0 Å². The fraction of sp³-hybridized carbons (Fsp3) is 0.261. The van der Waals surface area contributed by atoms with Crippen LogP contribution < -0.4 is 9.80 Å². The Morgan fingerprint density at radius 1 is 1.21 bits per heavy atom. The summed E-state index contributed by atoms with van der Waals surface area (Å²) in [4.78, 5) is 28.5. The number of hydrogen-bond acceptors (Lipinski definition) is 5. The molecule has 0 bridgehead atoms. The Balaban J connectivity index is 1.66. The highest BCUT2D eigenvalue weighted by Crippen LogP contribution is 2.31. The number of nitriles is 1. The topological polar surface area (TPSA) is 73.6 Å². The van der Waals surface area contributed by atoms with E-state index in [2.05, 4.69) is 0 Å². The molecule has 0 N–H and O–H groups in total. The Bertz CT molecular complexity index is 987. The number of fused-ring (bicyclic) bond motifs is 1. The smallest absolute Gasteiger partial charge is 0.349 e. The van der Waals surface area contributed by atoms with E-state index in [9.17, 15) is 14.9 Å². The van der Waals surface area contributed by atoms with Crippen LogP contribution in [0.5, 0.6) is 0 Å². The number of anilines is 2. The molecule has 1 aliphatic heterocycles. The molecule has 2 aromatic rings. The second-order valence-corrected chi connectivity index (χ2v) is 7.18. The van der Waals surface area contributed by atoms with E-state index in [0.717, 1.165) is 23.4 Å². The van der Waals surface area contributed by atoms with Gasteiger partial charge in [-0.25, -0.2) is 4.79 Å². The third-order valence-electron chi connectivity index (χ3n) is 4.86. The quantitative estimate of drug-likeness (QED) is 0.446. The molecule has 0 spiro atoms. The van der Waals surface area contributed by atoms with Crippen molar-refractivity contribution in [3.05, 3.63) is 65.2 Å². The molecule has 0 saturated carbocycles. The van der Waals surface area contributed by atoms with Crippen molar-refractivity contribution in [1.29, 1.82) is 5.26 Å². The van der Waals surface area contributed by atoms with E-state index in [1.54, 1.807) is 4.90 Å². The van der Waals surface area contributed by atoms with Crippen LogP contribution in [0.25, 0.3) is 6.08 Å². The van der Waals surface area contributed by atoms with E-state index in [1.165, 1.54) is 6.08 Å². The lowest BCUT2D eigenvalue weighted by molar-refractivity contribution is -0.143. The number of rotatable bonds is 5. The van der Waals surface area contributed by atoms with Crippen molar-refractivity contribution in [2.45, 2.75) is 19.4 Å². The zero-order valence-electron chi connectivity index (χ0n) is 16.8. The van der Waals surface area contributed by atoms with Crippen LogP contribution in [-0.2, 0) is 20.7 Å². The maximum Gasteiger partial charge on any atom is 0.349 e. The molecule has 1 atom stereocenters. The lowest BCUT2D eigenvalue weighted by Gasteiger charge is -2.22. The van der Waals surface area contributed by atoms with Crippen molar-refractivity contribution in [3.8, 4) is 6.07 Å². The van der Waals surface area contributed by atoms with Crippen LogP contribution in [-0.4, -0.2) is 38.6 Å². The van der Waals surface area contributed by atoms with Crippen molar-refractivity contribution in [1.82, 2.24) is 0 Å². The monoisotopic (exact) mass is 389 g/mol. The van der Waals surface area contributed by atoms with Gasteiger partial charge < -0.3 is 14.5 Å². The summed E-state index contributed by atoms with van der Waals surface area (Å²) in [6, 6.07) is 17.0. The molecule has 6 heteroatoms. The molecule has 0 fully saturated rings. The summed E-state index contributed by atoms with van der Waals surface area (Å²) in [5.41, 5.74) is 3.51. The molecule has 148 valence electrons. The highest BCUT2D eigenvalue weighted by Gasteiger charge is 2.31. The second kappa shape index (κ2) is 8.61. The predicted molar refractivity (Wildman–Crippen MR) is 112 cm³/mol. The molecule has 0 aliphatic carbocycles. The molecule has 1 aliphatic rings. The van der Waals surface area contributed by atoms with Crippen molar-refractivity contribution in [2.75, 3.05) is 30.5 Å². The highest BCUT2D eigenvalue weighted by atomic mass is 16.5. The summed E-state index contributed by atoms with van der Waals surface area (Å²) in [6.07, 6.45) is 2.22. The van der Waals surface area contributed by atoms with Crippen molar-refractivity contribution in [2.24, 2.45) is 0 Å². The van der Waals surface area contributed by atoms with E-state index in [4.69, 9.17) is 4.74 Å². The summed E-state index contributed by atoms with van der Waals surface area (Å²) in [6.45, 7) is 1.55. The number of para-hydroxylation sites is 1. The normalized spacial score (nSPS) is 15.4. The van der Waals surface area contributed by atoms with Gasteiger partial charge in [0.25, 0.3) is 5.91 Å². The first kappa shape index (κ1) is 20.2. The molecule has 0 unspecified atom stereocenters. The predicted octanol–water partition coefficient (Wildman–Crippen LogP) is 3.18. The summed E-state index contributed by atoms with van der Waals surface area (Å²) >= 11 is 0. The third kappa shape index (κ3) is 4.46. The molecular formula is C23H23N3O3. The number of ether oxygens (including phenoxy) is 1. The van der Waals surface area contributed by atoms with Crippen LogP contribution in [0.1, 0.15) is 18.1 Å². The summed E-state index contributed by atoms with van der Waals surface area (Å²) in [5.74, 6) is -1.11. The molecule has 1 heterocycles. The van der Waals surface area contributed by atoms with Gasteiger partial charge in [-0.15, -0.1) is 0 Å². The molecule has 3 rings (SSSR count). The van der Waals surface area contributed by atoms with Crippen molar-refractivity contribution < 1.29 is 14.3 Å². The minimum absolute atomic E-state index is 0.000192. The zero-order valence-corrected chi connectivity index (χ0v) is 16.8. The lowest BCUT2D eigenvalue weighted by Crippen LogP contribution is -2.38. The third-order valence-corrected chi connectivity index (χ3v) is 4.86. The van der Waals surface area contributed by atoms with Gasteiger partial charge in [0, 0.05) is 31.5 Å². The fourth-order valence-corrected chi connectivity index (χ4v) is 3.39. The number of nitrogens with zero attached hydrogens (tertiary/aromatic N) is 3. The van der Waals surface area contributed by atoms with E-state index in [-0.39, 0.29) is 17.5 Å². The molecule has 1 amide bonds. The Morgan fingerprint density at radius 2 is 1.90 bits per heavy atom. The highest BCUT2D eigenvalue weighted by molar-refractivity contribution is 6.01. The van der Waals surface area contributed by atoms with Crippen molar-refractivity contribution in [3.63, 3.8) is 0 Å². The first-order valence-electron chi connectivity index (χ1n) is 9.37. The van der Waals surface area contributed by atoms with Gasteiger partial charge in [0.05, 0.1) is 0 Å². The number of carbonyl (C=O) groups is 2. The first-order chi connectivity index (χ1) is 13.9. The Labute approximate surface area is 170 Å². The molecule has 0 radical (unpaired) electrons. The summed E-state index contributed by atoms with van der Waals surface area (Å²) in [5, 5.41) is 9.33. The minimum Gasteiger partial charge on any atom is -0.451 e. The molecule has 2 aromatic carbocycles. The maximum absolute atomic E-state index is 12.6. The Kier molecular flexibility index (Phi) is 5.99. The molecule has 0 aromatic heterocycles. The van der Waals surface area contributed by atoms with Crippen LogP contribution in [0.15, 0.2) is 54.1 Å². The average molecular weight is 389 g/mol. The zero-order chi connectivity index (χ0) is 21.0. The number of hydrogen-bond donors (Lipinski definition) is 0. The van der Waals surface area contributed by atoms with Crippen LogP contribution in [0.4, 0.5) is 11.4 Å². The first-order valence-corrected chi connectivity index (χ1v) is 9.37.